The first-order chi connectivity index (χ1) is 11.1. The van der Waals surface area contributed by atoms with Crippen molar-refractivity contribution in [3.05, 3.63) is 35.4 Å². The van der Waals surface area contributed by atoms with Crippen molar-refractivity contribution >= 4 is 27.4 Å². The number of carbonyl (C=O) groups excluding carboxylic acids is 1. The number of aromatic nitrogens is 3. The van der Waals surface area contributed by atoms with Gasteiger partial charge >= 0.3 is 6.03 Å². The van der Waals surface area contributed by atoms with Crippen LogP contribution in [0.5, 0.6) is 0 Å². The minimum atomic E-state index is -3.39. The van der Waals surface area contributed by atoms with E-state index in [1.165, 1.54) is 0 Å². The monoisotopic (exact) mass is 352 g/mol. The van der Waals surface area contributed by atoms with Crippen LogP contribution in [0.1, 0.15) is 30.2 Å². The molecule has 1 atom stereocenters. The van der Waals surface area contributed by atoms with Gasteiger partial charge in [0, 0.05) is 5.69 Å². The van der Waals surface area contributed by atoms with Crippen molar-refractivity contribution in [2.24, 2.45) is 0 Å². The van der Waals surface area contributed by atoms with Crippen molar-refractivity contribution in [3.63, 3.8) is 0 Å². The van der Waals surface area contributed by atoms with Gasteiger partial charge in [-0.25, -0.2) is 18.2 Å². The molecule has 0 spiro atoms. The molecule has 0 aliphatic heterocycles. The largest absolute Gasteiger partial charge is 0.328 e. The molecule has 1 aromatic carbocycles. The van der Waals surface area contributed by atoms with E-state index in [1.807, 2.05) is 6.92 Å². The van der Waals surface area contributed by atoms with E-state index in [1.54, 1.807) is 32.0 Å². The number of carbonyl (C=O) groups is 1. The zero-order valence-corrected chi connectivity index (χ0v) is 14.7. The van der Waals surface area contributed by atoms with Gasteiger partial charge in [-0.15, -0.1) is 0 Å². The second-order valence-electron chi connectivity index (χ2n) is 5.50. The lowest BCUT2D eigenvalue weighted by molar-refractivity contribution is 0.249. The summed E-state index contributed by atoms with van der Waals surface area (Å²) < 4.78 is 25.0. The number of aryl methyl sites for hydroxylation is 2. The molecular weight excluding hydrogens is 332 g/mol. The van der Waals surface area contributed by atoms with E-state index in [9.17, 15) is 13.2 Å². The highest BCUT2D eigenvalue weighted by molar-refractivity contribution is 7.92. The molecule has 130 valence electrons. The Balaban J connectivity index is 2.06. The number of hydrogen-bond donors (Lipinski definition) is 4. The van der Waals surface area contributed by atoms with Gasteiger partial charge in [0.05, 0.1) is 18.0 Å². The molecule has 2 rings (SSSR count). The minimum Gasteiger partial charge on any atom is -0.328 e. The van der Waals surface area contributed by atoms with Gasteiger partial charge in [-0.05, 0) is 38.5 Å². The zero-order valence-electron chi connectivity index (χ0n) is 13.8. The Bertz CT molecular complexity index is 846. The van der Waals surface area contributed by atoms with Gasteiger partial charge in [0.25, 0.3) is 0 Å². The maximum Gasteiger partial charge on any atom is 0.319 e. The Hall–Kier alpha value is -2.62. The number of rotatable bonds is 5. The summed E-state index contributed by atoms with van der Waals surface area (Å²) in [6.45, 7) is 5.34. The fourth-order valence-electron chi connectivity index (χ4n) is 2.01. The van der Waals surface area contributed by atoms with Crippen LogP contribution in [0, 0.1) is 13.8 Å². The van der Waals surface area contributed by atoms with Crippen LogP contribution in [0.3, 0.4) is 0 Å². The summed E-state index contributed by atoms with van der Waals surface area (Å²) in [6, 6.07) is 4.07. The SMILES string of the molecule is Cc1nc([C@H](C)NC(=O)Nc2cc(NS(C)(=O)=O)ccc2C)n[nH]1. The summed E-state index contributed by atoms with van der Waals surface area (Å²) in [7, 11) is -3.39. The summed E-state index contributed by atoms with van der Waals surface area (Å²) in [6.07, 6.45) is 1.06. The summed E-state index contributed by atoms with van der Waals surface area (Å²) in [5.74, 6) is 1.14. The Labute approximate surface area is 140 Å². The number of urea groups is 1. The van der Waals surface area contributed by atoms with Crippen LogP contribution in [-0.2, 0) is 10.0 Å². The highest BCUT2D eigenvalue weighted by Crippen LogP contribution is 2.21. The third kappa shape index (κ3) is 4.95. The van der Waals surface area contributed by atoms with Crippen molar-refractivity contribution in [3.8, 4) is 0 Å². The highest BCUT2D eigenvalue weighted by Gasteiger charge is 2.14. The first-order valence-corrected chi connectivity index (χ1v) is 9.08. The maximum atomic E-state index is 12.1. The number of benzene rings is 1. The van der Waals surface area contributed by atoms with Crippen LogP contribution < -0.4 is 15.4 Å². The average Bonchev–Trinajstić information content (AvgIpc) is 2.87. The number of nitrogens with one attached hydrogen (secondary N) is 4. The van der Waals surface area contributed by atoms with E-state index in [2.05, 4.69) is 30.5 Å². The number of hydrogen-bond acceptors (Lipinski definition) is 5. The summed E-state index contributed by atoms with van der Waals surface area (Å²) in [4.78, 5) is 16.3. The molecular formula is C14H20N6O3S. The van der Waals surface area contributed by atoms with Crippen LogP contribution in [0.2, 0.25) is 0 Å². The predicted molar refractivity (Wildman–Crippen MR) is 91.3 cm³/mol. The Morgan fingerprint density at radius 2 is 2.00 bits per heavy atom. The Morgan fingerprint density at radius 1 is 1.29 bits per heavy atom. The lowest BCUT2D eigenvalue weighted by Crippen LogP contribution is -2.32. The molecule has 4 N–H and O–H groups in total. The molecule has 9 nitrogen and oxygen atoms in total. The molecule has 2 amide bonds. The maximum absolute atomic E-state index is 12.1. The van der Waals surface area contributed by atoms with E-state index in [4.69, 9.17) is 0 Å². The zero-order chi connectivity index (χ0) is 17.9. The van der Waals surface area contributed by atoms with Crippen molar-refractivity contribution in [2.75, 3.05) is 16.3 Å². The molecule has 0 unspecified atom stereocenters. The summed E-state index contributed by atoms with van der Waals surface area (Å²) in [5, 5.41) is 12.1. The van der Waals surface area contributed by atoms with Crippen LogP contribution in [0.15, 0.2) is 18.2 Å². The van der Waals surface area contributed by atoms with Crippen LogP contribution in [0.4, 0.5) is 16.2 Å². The second kappa shape index (κ2) is 6.87. The first kappa shape index (κ1) is 17.7. The van der Waals surface area contributed by atoms with Gasteiger partial charge in [-0.2, -0.15) is 5.10 Å². The van der Waals surface area contributed by atoms with E-state index in [0.717, 1.165) is 11.8 Å². The lowest BCUT2D eigenvalue weighted by atomic mass is 10.2. The van der Waals surface area contributed by atoms with Crippen LogP contribution in [-0.4, -0.2) is 35.9 Å². The van der Waals surface area contributed by atoms with Crippen molar-refractivity contribution in [1.82, 2.24) is 20.5 Å². The highest BCUT2D eigenvalue weighted by atomic mass is 32.2. The molecule has 0 aliphatic carbocycles. The molecule has 24 heavy (non-hydrogen) atoms. The van der Waals surface area contributed by atoms with Gasteiger partial charge in [0.1, 0.15) is 5.82 Å². The number of aromatic amines is 1. The molecule has 1 aromatic heterocycles. The topological polar surface area (TPSA) is 129 Å². The molecule has 0 saturated carbocycles. The van der Waals surface area contributed by atoms with E-state index in [0.29, 0.717) is 23.0 Å². The van der Waals surface area contributed by atoms with Crippen LogP contribution >= 0.6 is 0 Å². The number of sulfonamides is 1. The number of amides is 2. The van der Waals surface area contributed by atoms with E-state index < -0.39 is 16.1 Å². The number of nitrogens with zero attached hydrogens (tertiary/aromatic N) is 2. The summed E-state index contributed by atoms with van der Waals surface area (Å²) in [5.41, 5.74) is 1.67. The average molecular weight is 352 g/mol. The Kier molecular flexibility index (Phi) is 5.07. The van der Waals surface area contributed by atoms with Crippen molar-refractivity contribution in [2.45, 2.75) is 26.8 Å². The lowest BCUT2D eigenvalue weighted by Gasteiger charge is -2.14. The fourth-order valence-corrected chi connectivity index (χ4v) is 2.56. The molecule has 2 aromatic rings. The number of H-pyrrole nitrogens is 1. The quantitative estimate of drug-likeness (QED) is 0.650. The first-order valence-electron chi connectivity index (χ1n) is 7.19. The van der Waals surface area contributed by atoms with Gasteiger partial charge in [0.2, 0.25) is 10.0 Å². The minimum absolute atomic E-state index is 0.371. The normalized spacial score (nSPS) is 12.5. The van der Waals surface area contributed by atoms with Crippen molar-refractivity contribution in [1.29, 1.82) is 0 Å². The van der Waals surface area contributed by atoms with Gasteiger partial charge in [-0.1, -0.05) is 6.07 Å². The molecule has 0 aliphatic rings. The van der Waals surface area contributed by atoms with Crippen molar-refractivity contribution < 1.29 is 13.2 Å². The number of anilines is 2. The van der Waals surface area contributed by atoms with Gasteiger partial charge in [-0.3, -0.25) is 9.82 Å². The van der Waals surface area contributed by atoms with Crippen LogP contribution in [0.25, 0.3) is 0 Å². The molecule has 1 heterocycles. The third-order valence-electron chi connectivity index (χ3n) is 3.14. The molecule has 0 bridgehead atoms. The molecule has 0 fully saturated rings. The second-order valence-corrected chi connectivity index (χ2v) is 7.25. The smallest absolute Gasteiger partial charge is 0.319 e. The molecule has 0 saturated heterocycles. The standard InChI is InChI=1S/C14H20N6O3S/c1-8-5-6-11(20-24(4,22)23)7-12(8)17-14(21)15-9(2)13-16-10(3)18-19-13/h5-7,9,20H,1-4H3,(H2,15,17,21)(H,16,18,19)/t9-/m0/s1. The third-order valence-corrected chi connectivity index (χ3v) is 3.74. The fraction of sp³-hybridized carbons (Fsp3) is 0.357. The van der Waals surface area contributed by atoms with E-state index >= 15 is 0 Å². The van der Waals surface area contributed by atoms with Gasteiger partial charge in [0.15, 0.2) is 5.82 Å². The Morgan fingerprint density at radius 3 is 2.58 bits per heavy atom. The predicted octanol–water partition coefficient (Wildman–Crippen LogP) is 1.68. The molecule has 10 heteroatoms. The molecule has 0 radical (unpaired) electrons. The van der Waals surface area contributed by atoms with E-state index in [-0.39, 0.29) is 6.04 Å². The summed E-state index contributed by atoms with van der Waals surface area (Å²) >= 11 is 0. The van der Waals surface area contributed by atoms with Gasteiger partial charge < -0.3 is 10.6 Å².